The van der Waals surface area contributed by atoms with E-state index >= 15 is 0 Å². The van der Waals surface area contributed by atoms with E-state index in [2.05, 4.69) is 41.3 Å². The van der Waals surface area contributed by atoms with Gasteiger partial charge < -0.3 is 20.3 Å². The molecule has 0 saturated heterocycles. The third-order valence-corrected chi connectivity index (χ3v) is 4.40. The first-order valence-corrected chi connectivity index (χ1v) is 9.75. The van der Waals surface area contributed by atoms with Gasteiger partial charge in [-0.2, -0.15) is 13.2 Å². The van der Waals surface area contributed by atoms with Crippen LogP contribution >= 0.6 is 0 Å². The largest absolute Gasteiger partial charge is 0.484 e. The van der Waals surface area contributed by atoms with Crippen LogP contribution < -0.4 is 15.4 Å². The van der Waals surface area contributed by atoms with Gasteiger partial charge >= 0.3 is 6.18 Å². The summed E-state index contributed by atoms with van der Waals surface area (Å²) in [6.07, 6.45) is -2.17. The summed E-state index contributed by atoms with van der Waals surface area (Å²) >= 11 is 0. The molecule has 1 rings (SSSR count). The van der Waals surface area contributed by atoms with Crippen LogP contribution in [0.2, 0.25) is 0 Å². The number of nitrogens with one attached hydrogen (secondary N) is 2. The maximum absolute atomic E-state index is 12.2. The smallest absolute Gasteiger partial charge is 0.422 e. The fraction of sp³-hybridized carbons (Fsp3) is 0.650. The summed E-state index contributed by atoms with van der Waals surface area (Å²) in [6, 6.07) is 6.84. The van der Waals surface area contributed by atoms with Gasteiger partial charge in [0.05, 0.1) is 0 Å². The highest BCUT2D eigenvalue weighted by atomic mass is 19.4. The molecule has 0 aliphatic heterocycles. The molecule has 5 nitrogen and oxygen atoms in total. The van der Waals surface area contributed by atoms with E-state index in [1.807, 2.05) is 0 Å². The summed E-state index contributed by atoms with van der Waals surface area (Å²) < 4.78 is 41.2. The van der Waals surface area contributed by atoms with Crippen molar-refractivity contribution in [3.63, 3.8) is 0 Å². The molecule has 28 heavy (non-hydrogen) atoms. The summed E-state index contributed by atoms with van der Waals surface area (Å²) in [7, 11) is 1.71. The number of alkyl halides is 3. The number of hydrogen-bond donors (Lipinski definition) is 2. The second-order valence-corrected chi connectivity index (χ2v) is 6.69. The second-order valence-electron chi connectivity index (χ2n) is 6.69. The van der Waals surface area contributed by atoms with Crippen LogP contribution in [-0.4, -0.2) is 56.4 Å². The van der Waals surface area contributed by atoms with Crippen molar-refractivity contribution in [3.8, 4) is 5.75 Å². The number of aliphatic imine (C=N–C) groups is 1. The molecule has 0 spiro atoms. The zero-order chi connectivity index (χ0) is 21.0. The van der Waals surface area contributed by atoms with Gasteiger partial charge in [-0.25, -0.2) is 0 Å². The third-order valence-electron chi connectivity index (χ3n) is 4.40. The molecule has 0 saturated carbocycles. The van der Waals surface area contributed by atoms with E-state index in [-0.39, 0.29) is 5.75 Å². The number of guanidine groups is 1. The van der Waals surface area contributed by atoms with Crippen LogP contribution in [0.5, 0.6) is 5.75 Å². The van der Waals surface area contributed by atoms with Crippen LogP contribution in [0.15, 0.2) is 29.3 Å². The van der Waals surface area contributed by atoms with E-state index in [9.17, 15) is 13.2 Å². The normalized spacial score (nSPS) is 13.5. The van der Waals surface area contributed by atoms with Gasteiger partial charge in [-0.1, -0.05) is 26.0 Å². The van der Waals surface area contributed by atoms with Gasteiger partial charge in [-0.3, -0.25) is 4.99 Å². The maximum Gasteiger partial charge on any atom is 0.422 e. The average Bonchev–Trinajstić information content (AvgIpc) is 2.67. The van der Waals surface area contributed by atoms with Crippen LogP contribution in [-0.2, 0) is 6.54 Å². The van der Waals surface area contributed by atoms with E-state index in [1.165, 1.54) is 12.1 Å². The first kappa shape index (κ1) is 24.1. The molecular weight excluding hydrogens is 369 g/mol. The van der Waals surface area contributed by atoms with Gasteiger partial charge in [0.25, 0.3) is 0 Å². The minimum absolute atomic E-state index is 0.199. The van der Waals surface area contributed by atoms with Gasteiger partial charge in [-0.05, 0) is 57.1 Å². The van der Waals surface area contributed by atoms with Gasteiger partial charge in [-0.15, -0.1) is 0 Å². The van der Waals surface area contributed by atoms with E-state index in [4.69, 9.17) is 4.74 Å². The van der Waals surface area contributed by atoms with Crippen molar-refractivity contribution >= 4 is 5.96 Å². The van der Waals surface area contributed by atoms with Crippen LogP contribution in [0.25, 0.3) is 0 Å². The molecule has 160 valence electrons. The lowest BCUT2D eigenvalue weighted by molar-refractivity contribution is -0.153. The third kappa shape index (κ3) is 10.4. The number of rotatable bonds is 11. The number of benzene rings is 1. The Kier molecular flexibility index (Phi) is 10.7. The minimum Gasteiger partial charge on any atom is -0.484 e. The van der Waals surface area contributed by atoms with Gasteiger partial charge in [0, 0.05) is 19.6 Å². The summed E-state index contributed by atoms with van der Waals surface area (Å²) in [4.78, 5) is 6.63. The highest BCUT2D eigenvalue weighted by Crippen LogP contribution is 2.18. The molecule has 0 fully saturated rings. The molecular formula is C20H33F3N4O. The minimum atomic E-state index is -4.33. The molecule has 0 aromatic heterocycles. The zero-order valence-electron chi connectivity index (χ0n) is 17.3. The molecule has 0 radical (unpaired) electrons. The van der Waals surface area contributed by atoms with Crippen molar-refractivity contribution in [1.29, 1.82) is 0 Å². The maximum atomic E-state index is 12.2. The number of halogens is 3. The predicted octanol–water partition coefficient (Wildman–Crippen LogP) is 3.80. The van der Waals surface area contributed by atoms with Crippen LogP contribution in [0.4, 0.5) is 13.2 Å². The first-order valence-electron chi connectivity index (χ1n) is 9.75. The Morgan fingerprint density at radius 2 is 1.82 bits per heavy atom. The Morgan fingerprint density at radius 1 is 1.18 bits per heavy atom. The molecule has 0 aliphatic carbocycles. The standard InChI is InChI=1S/C20H33F3N4O/c1-5-27(6-2)13-7-8-16(3)26-19(24-4)25-14-17-9-11-18(12-10-17)28-15-20(21,22)23/h9-12,16H,5-8,13-15H2,1-4H3,(H2,24,25,26). The van der Waals surface area contributed by atoms with E-state index < -0.39 is 12.8 Å². The van der Waals surface area contributed by atoms with Gasteiger partial charge in [0.1, 0.15) is 5.75 Å². The lowest BCUT2D eigenvalue weighted by atomic mass is 10.2. The van der Waals surface area contributed by atoms with Gasteiger partial charge in [0.15, 0.2) is 12.6 Å². The molecule has 1 unspecified atom stereocenters. The molecule has 0 bridgehead atoms. The van der Waals surface area contributed by atoms with Crippen molar-refractivity contribution in [2.75, 3.05) is 33.3 Å². The first-order chi connectivity index (χ1) is 13.3. The quantitative estimate of drug-likeness (QED) is 0.437. The average molecular weight is 403 g/mol. The lowest BCUT2D eigenvalue weighted by Gasteiger charge is -2.21. The van der Waals surface area contributed by atoms with Crippen molar-refractivity contribution in [2.24, 2.45) is 4.99 Å². The Labute approximate surface area is 166 Å². The molecule has 1 atom stereocenters. The second kappa shape index (κ2) is 12.5. The zero-order valence-corrected chi connectivity index (χ0v) is 17.3. The van der Waals surface area contributed by atoms with Crippen molar-refractivity contribution in [3.05, 3.63) is 29.8 Å². The summed E-state index contributed by atoms with van der Waals surface area (Å²) in [6.45, 7) is 8.94. The van der Waals surface area contributed by atoms with Crippen molar-refractivity contribution < 1.29 is 17.9 Å². The monoisotopic (exact) mass is 402 g/mol. The fourth-order valence-electron chi connectivity index (χ4n) is 2.72. The molecule has 0 aliphatic rings. The van der Waals surface area contributed by atoms with Gasteiger partial charge in [0.2, 0.25) is 0 Å². The molecule has 1 aromatic rings. The SMILES string of the molecule is CCN(CC)CCCC(C)NC(=NC)NCc1ccc(OCC(F)(F)F)cc1. The summed E-state index contributed by atoms with van der Waals surface area (Å²) in [5.74, 6) is 0.901. The lowest BCUT2D eigenvalue weighted by Crippen LogP contribution is -2.42. The van der Waals surface area contributed by atoms with Crippen LogP contribution in [0.3, 0.4) is 0 Å². The molecule has 1 aromatic carbocycles. The Balaban J connectivity index is 2.37. The predicted molar refractivity (Wildman–Crippen MR) is 108 cm³/mol. The Bertz CT molecular complexity index is 572. The highest BCUT2D eigenvalue weighted by Gasteiger charge is 2.28. The Morgan fingerprint density at radius 3 is 2.36 bits per heavy atom. The number of nitrogens with zero attached hydrogens (tertiary/aromatic N) is 2. The van der Waals surface area contributed by atoms with Crippen molar-refractivity contribution in [2.45, 2.75) is 52.4 Å². The van der Waals surface area contributed by atoms with E-state index in [0.717, 1.165) is 38.0 Å². The Hall–Kier alpha value is -1.96. The summed E-state index contributed by atoms with van der Waals surface area (Å²) in [5, 5.41) is 6.59. The fourth-order valence-corrected chi connectivity index (χ4v) is 2.72. The van der Waals surface area contributed by atoms with Crippen molar-refractivity contribution in [1.82, 2.24) is 15.5 Å². The highest BCUT2D eigenvalue weighted by molar-refractivity contribution is 5.79. The van der Waals surface area contributed by atoms with E-state index in [0.29, 0.717) is 18.5 Å². The molecule has 0 amide bonds. The number of hydrogen-bond acceptors (Lipinski definition) is 3. The molecule has 8 heteroatoms. The van der Waals surface area contributed by atoms with Crippen LogP contribution in [0.1, 0.15) is 39.2 Å². The molecule has 2 N–H and O–H groups in total. The van der Waals surface area contributed by atoms with E-state index in [1.54, 1.807) is 19.2 Å². The van der Waals surface area contributed by atoms with Crippen LogP contribution in [0, 0.1) is 0 Å². The molecule has 0 heterocycles. The topological polar surface area (TPSA) is 48.9 Å². The summed E-state index contributed by atoms with van der Waals surface area (Å²) in [5.41, 5.74) is 0.927. The number of ether oxygens (including phenoxy) is 1.